The molecule has 0 aromatic rings. The van der Waals surface area contributed by atoms with Crippen molar-refractivity contribution in [2.75, 3.05) is 20.2 Å². The van der Waals surface area contributed by atoms with Crippen LogP contribution in [-0.4, -0.2) is 26.3 Å². The third-order valence-electron chi connectivity index (χ3n) is 1.99. The lowest BCUT2D eigenvalue weighted by Gasteiger charge is -2.22. The fourth-order valence-corrected chi connectivity index (χ4v) is 1.34. The first kappa shape index (κ1) is 8.02. The lowest BCUT2D eigenvalue weighted by molar-refractivity contribution is 0.0118. The Kier molecular flexibility index (Phi) is 3.76. The quantitative estimate of drug-likeness (QED) is 0.640. The SMILES string of the molecule is CNCC[C@H]1CCCCO1. The van der Waals surface area contributed by atoms with Gasteiger partial charge in [0.2, 0.25) is 0 Å². The molecule has 0 aromatic heterocycles. The van der Waals surface area contributed by atoms with E-state index >= 15 is 0 Å². The van der Waals surface area contributed by atoms with Crippen molar-refractivity contribution in [2.45, 2.75) is 31.8 Å². The van der Waals surface area contributed by atoms with E-state index in [1.54, 1.807) is 0 Å². The molecule has 2 heteroatoms. The van der Waals surface area contributed by atoms with Gasteiger partial charge in [-0.1, -0.05) is 0 Å². The first-order valence-electron chi connectivity index (χ1n) is 4.19. The summed E-state index contributed by atoms with van der Waals surface area (Å²) in [4.78, 5) is 0. The molecule has 2 nitrogen and oxygen atoms in total. The topological polar surface area (TPSA) is 21.3 Å². The summed E-state index contributed by atoms with van der Waals surface area (Å²) in [5.74, 6) is 0. The zero-order valence-corrected chi connectivity index (χ0v) is 6.73. The molecular formula is C8H17NO. The Balaban J connectivity index is 2.02. The predicted molar refractivity (Wildman–Crippen MR) is 42.1 cm³/mol. The van der Waals surface area contributed by atoms with Crippen LogP contribution in [-0.2, 0) is 4.74 Å². The zero-order chi connectivity index (χ0) is 7.23. The van der Waals surface area contributed by atoms with Crippen molar-refractivity contribution in [1.82, 2.24) is 5.32 Å². The highest BCUT2D eigenvalue weighted by atomic mass is 16.5. The fourth-order valence-electron chi connectivity index (χ4n) is 1.34. The van der Waals surface area contributed by atoms with Crippen LogP contribution in [0.15, 0.2) is 0 Å². The van der Waals surface area contributed by atoms with E-state index in [9.17, 15) is 0 Å². The predicted octanol–water partition coefficient (Wildman–Crippen LogP) is 1.16. The molecular weight excluding hydrogens is 126 g/mol. The minimum absolute atomic E-state index is 0.543. The molecule has 1 heterocycles. The van der Waals surface area contributed by atoms with Crippen LogP contribution < -0.4 is 5.32 Å². The summed E-state index contributed by atoms with van der Waals surface area (Å²) in [6.07, 6.45) is 5.60. The third kappa shape index (κ3) is 2.67. The van der Waals surface area contributed by atoms with Crippen molar-refractivity contribution >= 4 is 0 Å². The second kappa shape index (κ2) is 4.69. The number of rotatable bonds is 3. The van der Waals surface area contributed by atoms with E-state index in [1.165, 1.54) is 25.7 Å². The molecule has 1 aliphatic rings. The summed E-state index contributed by atoms with van der Waals surface area (Å²) >= 11 is 0. The van der Waals surface area contributed by atoms with Gasteiger partial charge in [-0.05, 0) is 39.3 Å². The van der Waals surface area contributed by atoms with E-state index < -0.39 is 0 Å². The normalized spacial score (nSPS) is 26.7. The minimum atomic E-state index is 0.543. The first-order valence-corrected chi connectivity index (χ1v) is 4.19. The van der Waals surface area contributed by atoms with E-state index in [2.05, 4.69) is 5.32 Å². The van der Waals surface area contributed by atoms with Crippen molar-refractivity contribution in [3.8, 4) is 0 Å². The number of nitrogens with one attached hydrogen (secondary N) is 1. The highest BCUT2D eigenvalue weighted by molar-refractivity contribution is 4.63. The molecule has 1 fully saturated rings. The van der Waals surface area contributed by atoms with Crippen LogP contribution in [0, 0.1) is 0 Å². The summed E-state index contributed by atoms with van der Waals surface area (Å²) in [6, 6.07) is 0. The minimum Gasteiger partial charge on any atom is -0.378 e. The lowest BCUT2D eigenvalue weighted by Crippen LogP contribution is -2.23. The second-order valence-corrected chi connectivity index (χ2v) is 2.88. The second-order valence-electron chi connectivity index (χ2n) is 2.88. The molecule has 1 N–H and O–H groups in total. The summed E-state index contributed by atoms with van der Waals surface area (Å²) in [5.41, 5.74) is 0. The standard InChI is InChI=1S/C8H17NO/c1-9-6-5-8-4-2-3-7-10-8/h8-9H,2-7H2,1H3/t8-/m1/s1. The Labute approximate surface area is 63.0 Å². The molecule has 0 radical (unpaired) electrons. The van der Waals surface area contributed by atoms with Gasteiger partial charge in [-0.15, -0.1) is 0 Å². The molecule has 0 unspecified atom stereocenters. The Bertz CT molecular complexity index is 79.3. The van der Waals surface area contributed by atoms with Crippen LogP contribution in [0.3, 0.4) is 0 Å². The highest BCUT2D eigenvalue weighted by Crippen LogP contribution is 2.14. The van der Waals surface area contributed by atoms with Crippen LogP contribution in [0.25, 0.3) is 0 Å². The van der Waals surface area contributed by atoms with E-state index in [-0.39, 0.29) is 0 Å². The van der Waals surface area contributed by atoms with Crippen molar-refractivity contribution in [3.05, 3.63) is 0 Å². The molecule has 1 atom stereocenters. The van der Waals surface area contributed by atoms with Gasteiger partial charge in [0.1, 0.15) is 0 Å². The van der Waals surface area contributed by atoms with Crippen LogP contribution in [0.4, 0.5) is 0 Å². The molecule has 0 aliphatic carbocycles. The zero-order valence-electron chi connectivity index (χ0n) is 6.73. The van der Waals surface area contributed by atoms with Crippen LogP contribution in [0.2, 0.25) is 0 Å². The van der Waals surface area contributed by atoms with Crippen molar-refractivity contribution < 1.29 is 4.74 Å². The maximum absolute atomic E-state index is 5.54. The van der Waals surface area contributed by atoms with Gasteiger partial charge in [-0.2, -0.15) is 0 Å². The number of hydrogen-bond donors (Lipinski definition) is 1. The van der Waals surface area contributed by atoms with E-state index in [0.717, 1.165) is 13.2 Å². The molecule has 0 spiro atoms. The van der Waals surface area contributed by atoms with Gasteiger partial charge < -0.3 is 10.1 Å². The van der Waals surface area contributed by atoms with E-state index in [4.69, 9.17) is 4.74 Å². The molecule has 0 bridgehead atoms. The molecule has 0 amide bonds. The monoisotopic (exact) mass is 143 g/mol. The molecule has 0 aromatic carbocycles. The molecule has 1 aliphatic heterocycles. The van der Waals surface area contributed by atoms with Gasteiger partial charge >= 0.3 is 0 Å². The summed E-state index contributed by atoms with van der Waals surface area (Å²) < 4.78 is 5.54. The Morgan fingerprint density at radius 3 is 3.00 bits per heavy atom. The third-order valence-corrected chi connectivity index (χ3v) is 1.99. The van der Waals surface area contributed by atoms with Crippen LogP contribution >= 0.6 is 0 Å². The maximum atomic E-state index is 5.54. The molecule has 1 saturated heterocycles. The Hall–Kier alpha value is -0.0800. The van der Waals surface area contributed by atoms with Crippen molar-refractivity contribution in [2.24, 2.45) is 0 Å². The lowest BCUT2D eigenvalue weighted by atomic mass is 10.1. The van der Waals surface area contributed by atoms with E-state index in [1.807, 2.05) is 7.05 Å². The molecule has 1 rings (SSSR count). The number of hydrogen-bond acceptors (Lipinski definition) is 2. The van der Waals surface area contributed by atoms with Gasteiger partial charge in [0.25, 0.3) is 0 Å². The molecule has 60 valence electrons. The van der Waals surface area contributed by atoms with Gasteiger partial charge in [-0.3, -0.25) is 0 Å². The van der Waals surface area contributed by atoms with Gasteiger partial charge in [0.05, 0.1) is 6.10 Å². The fraction of sp³-hybridized carbons (Fsp3) is 1.00. The summed E-state index contributed by atoms with van der Waals surface area (Å²) in [5, 5.41) is 3.13. The average Bonchev–Trinajstić information content (AvgIpc) is 2.03. The van der Waals surface area contributed by atoms with Crippen LogP contribution in [0.5, 0.6) is 0 Å². The first-order chi connectivity index (χ1) is 4.93. The summed E-state index contributed by atoms with van der Waals surface area (Å²) in [6.45, 7) is 2.07. The van der Waals surface area contributed by atoms with Crippen molar-refractivity contribution in [1.29, 1.82) is 0 Å². The van der Waals surface area contributed by atoms with Gasteiger partial charge in [0.15, 0.2) is 0 Å². The van der Waals surface area contributed by atoms with Gasteiger partial charge in [-0.25, -0.2) is 0 Å². The largest absolute Gasteiger partial charge is 0.378 e. The van der Waals surface area contributed by atoms with Crippen LogP contribution in [0.1, 0.15) is 25.7 Å². The van der Waals surface area contributed by atoms with E-state index in [0.29, 0.717) is 6.10 Å². The smallest absolute Gasteiger partial charge is 0.0587 e. The highest BCUT2D eigenvalue weighted by Gasteiger charge is 2.11. The summed E-state index contributed by atoms with van der Waals surface area (Å²) in [7, 11) is 1.99. The molecule has 10 heavy (non-hydrogen) atoms. The molecule has 0 saturated carbocycles. The Morgan fingerprint density at radius 1 is 1.50 bits per heavy atom. The Morgan fingerprint density at radius 2 is 2.40 bits per heavy atom. The maximum Gasteiger partial charge on any atom is 0.0587 e. The van der Waals surface area contributed by atoms with Gasteiger partial charge in [0, 0.05) is 6.61 Å². The average molecular weight is 143 g/mol. The van der Waals surface area contributed by atoms with Crippen molar-refractivity contribution in [3.63, 3.8) is 0 Å². The number of ether oxygens (including phenoxy) is 1.